The summed E-state index contributed by atoms with van der Waals surface area (Å²) in [5, 5.41) is 11.3. The molecule has 7 heteroatoms. The van der Waals surface area contributed by atoms with Crippen molar-refractivity contribution in [1.29, 1.82) is 0 Å². The van der Waals surface area contributed by atoms with E-state index in [1.54, 1.807) is 29.7 Å². The SMILES string of the molecule is Cc1sc2nc(-c3ccn[nH]3)nc(NCc3ccc(F)cc3)c2c1C. The minimum atomic E-state index is -0.237. The summed E-state index contributed by atoms with van der Waals surface area (Å²) in [6.45, 7) is 4.72. The molecule has 0 radical (unpaired) electrons. The van der Waals surface area contributed by atoms with Crippen LogP contribution in [0.5, 0.6) is 0 Å². The number of hydrogen-bond donors (Lipinski definition) is 2. The van der Waals surface area contributed by atoms with E-state index < -0.39 is 0 Å². The van der Waals surface area contributed by atoms with Crippen molar-refractivity contribution in [2.45, 2.75) is 20.4 Å². The lowest BCUT2D eigenvalue weighted by molar-refractivity contribution is 0.627. The Morgan fingerprint density at radius 3 is 2.64 bits per heavy atom. The lowest BCUT2D eigenvalue weighted by Gasteiger charge is -2.09. The van der Waals surface area contributed by atoms with Crippen LogP contribution in [0.4, 0.5) is 10.2 Å². The molecule has 4 aromatic rings. The highest BCUT2D eigenvalue weighted by Crippen LogP contribution is 2.34. The lowest BCUT2D eigenvalue weighted by atomic mass is 10.2. The van der Waals surface area contributed by atoms with Gasteiger partial charge in [0.1, 0.15) is 22.2 Å². The van der Waals surface area contributed by atoms with Gasteiger partial charge in [-0.25, -0.2) is 14.4 Å². The molecule has 0 spiro atoms. The minimum absolute atomic E-state index is 0.237. The number of anilines is 1. The zero-order valence-corrected chi connectivity index (χ0v) is 14.6. The molecular weight excluding hydrogens is 337 g/mol. The van der Waals surface area contributed by atoms with E-state index in [1.165, 1.54) is 22.6 Å². The van der Waals surface area contributed by atoms with Crippen molar-refractivity contribution >= 4 is 27.4 Å². The van der Waals surface area contributed by atoms with Crippen molar-refractivity contribution in [3.05, 3.63) is 58.3 Å². The van der Waals surface area contributed by atoms with Gasteiger partial charge in [0, 0.05) is 17.6 Å². The van der Waals surface area contributed by atoms with Crippen LogP contribution in [0.25, 0.3) is 21.7 Å². The summed E-state index contributed by atoms with van der Waals surface area (Å²) in [5.74, 6) is 1.15. The van der Waals surface area contributed by atoms with Gasteiger partial charge in [0.15, 0.2) is 5.82 Å². The van der Waals surface area contributed by atoms with E-state index in [4.69, 9.17) is 0 Å². The first-order valence-electron chi connectivity index (χ1n) is 7.87. The second-order valence-corrected chi connectivity index (χ2v) is 7.01. The first-order chi connectivity index (χ1) is 12.1. The molecule has 1 aromatic carbocycles. The number of rotatable bonds is 4. The Bertz CT molecular complexity index is 1020. The van der Waals surface area contributed by atoms with Crippen LogP contribution in [0.2, 0.25) is 0 Å². The third kappa shape index (κ3) is 2.98. The molecule has 0 aliphatic carbocycles. The highest BCUT2D eigenvalue weighted by atomic mass is 32.1. The van der Waals surface area contributed by atoms with Gasteiger partial charge in [0.2, 0.25) is 0 Å². The number of aryl methyl sites for hydroxylation is 2. The Hall–Kier alpha value is -2.80. The maximum Gasteiger partial charge on any atom is 0.180 e. The van der Waals surface area contributed by atoms with Gasteiger partial charge in [-0.15, -0.1) is 11.3 Å². The number of hydrogen-bond acceptors (Lipinski definition) is 5. The third-order valence-corrected chi connectivity index (χ3v) is 5.24. The highest BCUT2D eigenvalue weighted by molar-refractivity contribution is 7.18. The fraction of sp³-hybridized carbons (Fsp3) is 0.167. The van der Waals surface area contributed by atoms with E-state index in [0.29, 0.717) is 12.4 Å². The van der Waals surface area contributed by atoms with Gasteiger partial charge < -0.3 is 5.32 Å². The monoisotopic (exact) mass is 353 g/mol. The molecule has 5 nitrogen and oxygen atoms in total. The first-order valence-corrected chi connectivity index (χ1v) is 8.69. The van der Waals surface area contributed by atoms with Crippen molar-refractivity contribution in [2.24, 2.45) is 0 Å². The van der Waals surface area contributed by atoms with Crippen LogP contribution in [0, 0.1) is 19.7 Å². The quantitative estimate of drug-likeness (QED) is 0.569. The number of fused-ring (bicyclic) bond motifs is 1. The Morgan fingerprint density at radius 2 is 1.92 bits per heavy atom. The largest absolute Gasteiger partial charge is 0.365 e. The van der Waals surface area contributed by atoms with Gasteiger partial charge in [-0.2, -0.15) is 5.10 Å². The van der Waals surface area contributed by atoms with Crippen molar-refractivity contribution in [3.63, 3.8) is 0 Å². The van der Waals surface area contributed by atoms with Crippen LogP contribution in [0.3, 0.4) is 0 Å². The summed E-state index contributed by atoms with van der Waals surface area (Å²) in [5.41, 5.74) is 2.94. The lowest BCUT2D eigenvalue weighted by Crippen LogP contribution is -2.04. The Kier molecular flexibility index (Phi) is 3.93. The van der Waals surface area contributed by atoms with E-state index in [2.05, 4.69) is 39.3 Å². The van der Waals surface area contributed by atoms with Crippen LogP contribution in [0.15, 0.2) is 36.5 Å². The number of thiophene rings is 1. The summed E-state index contributed by atoms with van der Waals surface area (Å²) < 4.78 is 13.1. The molecule has 0 unspecified atom stereocenters. The summed E-state index contributed by atoms with van der Waals surface area (Å²) in [7, 11) is 0. The smallest absolute Gasteiger partial charge is 0.180 e. The van der Waals surface area contributed by atoms with Gasteiger partial charge in [-0.05, 0) is 43.2 Å². The zero-order chi connectivity index (χ0) is 17.4. The number of benzene rings is 1. The molecule has 3 aromatic heterocycles. The Labute approximate surface area is 148 Å². The number of H-pyrrole nitrogens is 1. The van der Waals surface area contributed by atoms with E-state index in [0.717, 1.165) is 27.3 Å². The molecule has 0 saturated heterocycles. The second kappa shape index (κ2) is 6.25. The fourth-order valence-corrected chi connectivity index (χ4v) is 3.70. The van der Waals surface area contributed by atoms with Gasteiger partial charge >= 0.3 is 0 Å². The van der Waals surface area contributed by atoms with E-state index in [9.17, 15) is 4.39 Å². The van der Waals surface area contributed by atoms with Crippen LogP contribution in [-0.2, 0) is 6.54 Å². The Balaban J connectivity index is 1.76. The molecule has 3 heterocycles. The standard InChI is InChI=1S/C18H16FN5S/c1-10-11(2)25-18-15(10)17(20-9-12-3-5-13(19)6-4-12)22-16(23-18)14-7-8-21-24-14/h3-8H,9H2,1-2H3,(H,21,24)(H,20,22,23). The maximum atomic E-state index is 13.1. The number of nitrogens with one attached hydrogen (secondary N) is 2. The molecule has 0 amide bonds. The van der Waals surface area contributed by atoms with Crippen LogP contribution in [0.1, 0.15) is 16.0 Å². The average Bonchev–Trinajstić information content (AvgIpc) is 3.23. The maximum absolute atomic E-state index is 13.1. The molecule has 0 aliphatic heterocycles. The van der Waals surface area contributed by atoms with Gasteiger partial charge in [0.25, 0.3) is 0 Å². The molecule has 2 N–H and O–H groups in total. The normalized spacial score (nSPS) is 11.2. The molecule has 0 saturated carbocycles. The molecule has 25 heavy (non-hydrogen) atoms. The zero-order valence-electron chi connectivity index (χ0n) is 13.8. The van der Waals surface area contributed by atoms with Crippen molar-refractivity contribution < 1.29 is 4.39 Å². The van der Waals surface area contributed by atoms with Gasteiger partial charge in [-0.1, -0.05) is 12.1 Å². The van der Waals surface area contributed by atoms with Crippen molar-refractivity contribution in [1.82, 2.24) is 20.2 Å². The number of halogens is 1. The van der Waals surface area contributed by atoms with Crippen LogP contribution in [-0.4, -0.2) is 20.2 Å². The Morgan fingerprint density at radius 1 is 1.12 bits per heavy atom. The molecule has 126 valence electrons. The highest BCUT2D eigenvalue weighted by Gasteiger charge is 2.16. The molecular formula is C18H16FN5S. The topological polar surface area (TPSA) is 66.5 Å². The first kappa shape index (κ1) is 15.7. The van der Waals surface area contributed by atoms with Crippen LogP contribution < -0.4 is 5.32 Å². The van der Waals surface area contributed by atoms with Crippen molar-refractivity contribution in [2.75, 3.05) is 5.32 Å². The molecule has 0 fully saturated rings. The van der Waals surface area contributed by atoms with E-state index in [-0.39, 0.29) is 5.82 Å². The fourth-order valence-electron chi connectivity index (χ4n) is 2.67. The third-order valence-electron chi connectivity index (χ3n) is 4.14. The van der Waals surface area contributed by atoms with Crippen LogP contribution >= 0.6 is 11.3 Å². The summed E-state index contributed by atoms with van der Waals surface area (Å²) in [4.78, 5) is 11.5. The summed E-state index contributed by atoms with van der Waals surface area (Å²) in [6, 6.07) is 8.30. The van der Waals surface area contributed by atoms with Gasteiger partial charge in [-0.3, -0.25) is 5.10 Å². The summed E-state index contributed by atoms with van der Waals surface area (Å²) >= 11 is 1.65. The molecule has 0 aliphatic rings. The average molecular weight is 353 g/mol. The summed E-state index contributed by atoms with van der Waals surface area (Å²) in [6.07, 6.45) is 1.68. The number of aromatic amines is 1. The minimum Gasteiger partial charge on any atom is -0.365 e. The predicted molar refractivity (Wildman–Crippen MR) is 98.2 cm³/mol. The van der Waals surface area contributed by atoms with Gasteiger partial charge in [0.05, 0.1) is 5.39 Å². The van der Waals surface area contributed by atoms with E-state index >= 15 is 0 Å². The molecule has 4 rings (SSSR count). The second-order valence-electron chi connectivity index (χ2n) is 5.81. The number of nitrogens with zero attached hydrogens (tertiary/aromatic N) is 3. The van der Waals surface area contributed by atoms with E-state index in [1.807, 2.05) is 6.07 Å². The molecule has 0 atom stereocenters. The predicted octanol–water partition coefficient (Wildman–Crippen LogP) is 4.45. The number of aromatic nitrogens is 4. The molecule has 0 bridgehead atoms. The van der Waals surface area contributed by atoms with Crippen molar-refractivity contribution in [3.8, 4) is 11.5 Å².